The van der Waals surface area contributed by atoms with E-state index in [1.807, 2.05) is 118 Å². The second-order valence-corrected chi connectivity index (χ2v) is 13.7. The van der Waals surface area contributed by atoms with Crippen LogP contribution in [0.4, 0.5) is 0 Å². The molecule has 0 aliphatic carbocycles. The van der Waals surface area contributed by atoms with Crippen molar-refractivity contribution in [2.75, 3.05) is 0 Å². The molecule has 0 radical (unpaired) electrons. The summed E-state index contributed by atoms with van der Waals surface area (Å²) in [4.78, 5) is 28.9. The Morgan fingerprint density at radius 3 is 0.981 bits per heavy atom. The molecule has 11 aromatic rings. The Labute approximate surface area is 308 Å². The SMILES string of the molecule is O=C(c1ccccc1)n1c2ccccc2c2c3ccccc3n(-c3ccc(-n4c5ccccc5c5c6ccccc6n(C(=O)c6ccccc6)c54)cc3)c21. The smallest absolute Gasteiger partial charge is 0.264 e. The van der Waals surface area contributed by atoms with E-state index in [0.717, 1.165) is 77.1 Å². The molecule has 0 fully saturated rings. The molecule has 0 bridgehead atoms. The summed E-state index contributed by atoms with van der Waals surface area (Å²) in [6.45, 7) is 0. The molecular formula is C48H30N4O2. The van der Waals surface area contributed by atoms with E-state index in [4.69, 9.17) is 0 Å². The molecule has 54 heavy (non-hydrogen) atoms. The minimum absolute atomic E-state index is 0.0837. The van der Waals surface area contributed by atoms with Gasteiger partial charge in [0.15, 0.2) is 0 Å². The molecule has 0 aliphatic heterocycles. The third-order valence-corrected chi connectivity index (χ3v) is 10.8. The number of hydrogen-bond donors (Lipinski definition) is 0. The Balaban J connectivity index is 1.18. The topological polar surface area (TPSA) is 53.9 Å². The largest absolute Gasteiger partial charge is 0.295 e. The lowest BCUT2D eigenvalue weighted by atomic mass is 10.1. The molecule has 4 heterocycles. The second-order valence-electron chi connectivity index (χ2n) is 13.7. The summed E-state index contributed by atoms with van der Waals surface area (Å²) in [6, 6.07) is 60.4. The van der Waals surface area contributed by atoms with E-state index < -0.39 is 0 Å². The monoisotopic (exact) mass is 694 g/mol. The van der Waals surface area contributed by atoms with Gasteiger partial charge in [-0.25, -0.2) is 0 Å². The molecule has 0 unspecified atom stereocenters. The molecule has 11 rings (SSSR count). The number of benzene rings is 7. The van der Waals surface area contributed by atoms with Gasteiger partial charge in [-0.15, -0.1) is 0 Å². The van der Waals surface area contributed by atoms with Gasteiger partial charge < -0.3 is 0 Å². The van der Waals surface area contributed by atoms with Gasteiger partial charge in [0.25, 0.3) is 11.8 Å². The maximum atomic E-state index is 14.4. The van der Waals surface area contributed by atoms with Crippen molar-refractivity contribution in [2.24, 2.45) is 0 Å². The molecule has 0 spiro atoms. The second kappa shape index (κ2) is 11.5. The number of carbonyl (C=O) groups is 2. The van der Waals surface area contributed by atoms with Crippen molar-refractivity contribution in [2.45, 2.75) is 0 Å². The maximum Gasteiger partial charge on any atom is 0.264 e. The van der Waals surface area contributed by atoms with E-state index in [1.54, 1.807) is 0 Å². The number of carbonyl (C=O) groups excluding carboxylic acids is 2. The number of fused-ring (bicyclic) bond motifs is 10. The zero-order valence-electron chi connectivity index (χ0n) is 28.9. The Hall–Kier alpha value is -7.44. The van der Waals surface area contributed by atoms with Gasteiger partial charge in [-0.05, 0) is 72.8 Å². The number of aromatic nitrogens is 4. The minimum Gasteiger partial charge on any atom is -0.295 e. The zero-order valence-corrected chi connectivity index (χ0v) is 28.9. The fraction of sp³-hybridized carbons (Fsp3) is 0. The lowest BCUT2D eigenvalue weighted by Crippen LogP contribution is -2.14. The highest BCUT2D eigenvalue weighted by atomic mass is 16.2. The highest BCUT2D eigenvalue weighted by Crippen LogP contribution is 2.42. The van der Waals surface area contributed by atoms with Gasteiger partial charge in [-0.3, -0.25) is 27.9 Å². The predicted molar refractivity (Wildman–Crippen MR) is 218 cm³/mol. The standard InChI is InChI=1S/C48H30N4O2/c53-47(31-15-3-1-4-16-31)51-41-25-13-9-21-37(41)43-35-19-7-11-23-39(35)49(45(43)51)33-27-29-34(30-28-33)50-40-24-12-8-20-36(40)44-38-22-10-14-26-42(38)52(46(44)50)48(54)32-17-5-2-6-18-32/h1-30H. The van der Waals surface area contributed by atoms with Crippen molar-refractivity contribution < 1.29 is 9.59 Å². The molecule has 0 atom stereocenters. The molecule has 6 heteroatoms. The summed E-state index contributed by atoms with van der Waals surface area (Å²) in [5.74, 6) is -0.167. The quantitative estimate of drug-likeness (QED) is 0.184. The van der Waals surface area contributed by atoms with E-state index in [1.165, 1.54) is 0 Å². The van der Waals surface area contributed by atoms with Gasteiger partial charge in [0.2, 0.25) is 0 Å². The number of hydrogen-bond acceptors (Lipinski definition) is 2. The Morgan fingerprint density at radius 1 is 0.315 bits per heavy atom. The van der Waals surface area contributed by atoms with Crippen LogP contribution in [0.2, 0.25) is 0 Å². The first-order valence-corrected chi connectivity index (χ1v) is 18.0. The van der Waals surface area contributed by atoms with Crippen LogP contribution in [0.5, 0.6) is 0 Å². The number of rotatable bonds is 4. The van der Waals surface area contributed by atoms with Crippen LogP contribution >= 0.6 is 0 Å². The van der Waals surface area contributed by atoms with E-state index in [2.05, 4.69) is 81.9 Å². The van der Waals surface area contributed by atoms with Crippen LogP contribution in [0, 0.1) is 0 Å². The van der Waals surface area contributed by atoms with Crippen molar-refractivity contribution in [3.63, 3.8) is 0 Å². The van der Waals surface area contributed by atoms with E-state index in [0.29, 0.717) is 11.1 Å². The summed E-state index contributed by atoms with van der Waals surface area (Å²) >= 11 is 0. The van der Waals surface area contributed by atoms with Gasteiger partial charge in [0.05, 0.1) is 22.1 Å². The molecule has 254 valence electrons. The normalized spacial score (nSPS) is 11.9. The van der Waals surface area contributed by atoms with Gasteiger partial charge >= 0.3 is 0 Å². The van der Waals surface area contributed by atoms with Gasteiger partial charge in [-0.2, -0.15) is 0 Å². The summed E-state index contributed by atoms with van der Waals surface area (Å²) in [7, 11) is 0. The number of nitrogens with zero attached hydrogens (tertiary/aromatic N) is 4. The minimum atomic E-state index is -0.0837. The first kappa shape index (κ1) is 30.2. The van der Waals surface area contributed by atoms with Gasteiger partial charge in [-0.1, -0.05) is 109 Å². The molecular weight excluding hydrogens is 665 g/mol. The van der Waals surface area contributed by atoms with Crippen molar-refractivity contribution in [3.8, 4) is 11.4 Å². The Morgan fingerprint density at radius 2 is 0.611 bits per heavy atom. The highest BCUT2D eigenvalue weighted by molar-refractivity contribution is 6.27. The molecule has 0 saturated carbocycles. The molecule has 7 aromatic carbocycles. The van der Waals surface area contributed by atoms with Crippen molar-refractivity contribution in [3.05, 3.63) is 193 Å². The zero-order chi connectivity index (χ0) is 35.9. The summed E-state index contributed by atoms with van der Waals surface area (Å²) in [6.07, 6.45) is 0. The predicted octanol–water partition coefficient (Wildman–Crippen LogP) is 11.2. The third kappa shape index (κ3) is 4.16. The maximum absolute atomic E-state index is 14.4. The van der Waals surface area contributed by atoms with Gasteiger partial charge in [0.1, 0.15) is 11.3 Å². The van der Waals surface area contributed by atoms with Crippen LogP contribution in [-0.2, 0) is 0 Å². The van der Waals surface area contributed by atoms with E-state index in [-0.39, 0.29) is 11.8 Å². The van der Waals surface area contributed by atoms with Gasteiger partial charge in [0, 0.05) is 54.8 Å². The lowest BCUT2D eigenvalue weighted by Gasteiger charge is -2.14. The molecule has 6 nitrogen and oxygen atoms in total. The lowest BCUT2D eigenvalue weighted by molar-refractivity contribution is 0.0960. The number of para-hydroxylation sites is 4. The fourth-order valence-corrected chi connectivity index (χ4v) is 8.50. The van der Waals surface area contributed by atoms with E-state index >= 15 is 0 Å². The summed E-state index contributed by atoms with van der Waals surface area (Å²) < 4.78 is 8.14. The highest BCUT2D eigenvalue weighted by Gasteiger charge is 2.27. The van der Waals surface area contributed by atoms with E-state index in [9.17, 15) is 9.59 Å². The van der Waals surface area contributed by atoms with Crippen LogP contribution in [-0.4, -0.2) is 30.1 Å². The van der Waals surface area contributed by atoms with Crippen LogP contribution in [0.15, 0.2) is 182 Å². The van der Waals surface area contributed by atoms with Crippen LogP contribution < -0.4 is 0 Å². The van der Waals surface area contributed by atoms with Crippen molar-refractivity contribution in [1.82, 2.24) is 18.3 Å². The molecule has 0 saturated heterocycles. The summed E-state index contributed by atoms with van der Waals surface area (Å²) in [5.41, 5.74) is 8.48. The van der Waals surface area contributed by atoms with Crippen molar-refractivity contribution >= 4 is 77.5 Å². The third-order valence-electron chi connectivity index (χ3n) is 10.8. The Bertz CT molecular complexity index is 3070. The molecule has 0 N–H and O–H groups in total. The summed E-state index contributed by atoms with van der Waals surface area (Å²) in [5, 5.41) is 6.29. The van der Waals surface area contributed by atoms with Crippen molar-refractivity contribution in [1.29, 1.82) is 0 Å². The first-order valence-electron chi connectivity index (χ1n) is 18.0. The molecule has 4 aromatic heterocycles. The molecule has 0 aliphatic rings. The van der Waals surface area contributed by atoms with Crippen LogP contribution in [0.3, 0.4) is 0 Å². The van der Waals surface area contributed by atoms with Crippen LogP contribution in [0.1, 0.15) is 20.7 Å². The Kier molecular flexibility index (Phi) is 6.45. The first-order chi connectivity index (χ1) is 26.7. The molecule has 0 amide bonds. The fourth-order valence-electron chi connectivity index (χ4n) is 8.50. The average Bonchev–Trinajstić information content (AvgIpc) is 3.96. The van der Waals surface area contributed by atoms with Crippen LogP contribution in [0.25, 0.3) is 77.1 Å². The average molecular weight is 695 g/mol.